The van der Waals surface area contributed by atoms with Crippen molar-refractivity contribution in [1.29, 1.82) is 0 Å². The van der Waals surface area contributed by atoms with Crippen molar-refractivity contribution in [2.45, 2.75) is 18.2 Å². The second kappa shape index (κ2) is 6.75. The Kier molecular flexibility index (Phi) is 4.75. The Balaban J connectivity index is 1.96. The third-order valence-corrected chi connectivity index (χ3v) is 6.43. The molecule has 0 saturated carbocycles. The van der Waals surface area contributed by atoms with Gasteiger partial charge < -0.3 is 4.90 Å². The topological polar surface area (TPSA) is 101 Å². The summed E-state index contributed by atoms with van der Waals surface area (Å²) in [6.45, 7) is 2.01. The molecular formula is C18H19N3O5S. The smallest absolute Gasteiger partial charge is 0.273 e. The van der Waals surface area contributed by atoms with E-state index < -0.39 is 14.9 Å². The number of carbonyl (C=O) groups excluding carboxylic acids is 1. The van der Waals surface area contributed by atoms with E-state index in [9.17, 15) is 23.3 Å². The predicted molar refractivity (Wildman–Crippen MR) is 101 cm³/mol. The highest BCUT2D eigenvalue weighted by Crippen LogP contribution is 2.32. The minimum absolute atomic E-state index is 0.104. The van der Waals surface area contributed by atoms with E-state index in [0.29, 0.717) is 24.2 Å². The molecule has 1 aliphatic heterocycles. The minimum Gasteiger partial charge on any atom is -0.308 e. The Morgan fingerprint density at radius 1 is 1.19 bits per heavy atom. The summed E-state index contributed by atoms with van der Waals surface area (Å²) < 4.78 is 25.7. The van der Waals surface area contributed by atoms with E-state index in [1.165, 1.54) is 31.1 Å². The fourth-order valence-corrected chi connectivity index (χ4v) is 4.01. The highest BCUT2D eigenvalue weighted by Gasteiger charge is 2.29. The van der Waals surface area contributed by atoms with Crippen LogP contribution >= 0.6 is 0 Å². The predicted octanol–water partition coefficient (Wildman–Crippen LogP) is 2.36. The van der Waals surface area contributed by atoms with Crippen LogP contribution in [0.4, 0.5) is 11.4 Å². The fourth-order valence-electron chi connectivity index (χ4n) is 3.06. The summed E-state index contributed by atoms with van der Waals surface area (Å²) in [6.07, 6.45) is 0.520. The van der Waals surface area contributed by atoms with Crippen molar-refractivity contribution < 1.29 is 18.1 Å². The van der Waals surface area contributed by atoms with Crippen LogP contribution in [0.25, 0.3) is 0 Å². The summed E-state index contributed by atoms with van der Waals surface area (Å²) in [7, 11) is -0.631. The molecule has 0 radical (unpaired) electrons. The number of nitro groups is 1. The molecule has 8 nitrogen and oxygen atoms in total. The lowest BCUT2D eigenvalue weighted by atomic mass is 10.1. The van der Waals surface area contributed by atoms with Crippen LogP contribution in [0.3, 0.4) is 0 Å². The number of nitro benzene ring substituents is 1. The zero-order valence-corrected chi connectivity index (χ0v) is 16.0. The maximum absolute atomic E-state index is 12.9. The zero-order valence-electron chi connectivity index (χ0n) is 15.2. The number of hydrogen-bond donors (Lipinski definition) is 0. The minimum atomic E-state index is -3.55. The molecule has 0 aromatic heterocycles. The molecule has 0 unspecified atom stereocenters. The van der Waals surface area contributed by atoms with Crippen LogP contribution in [0.5, 0.6) is 0 Å². The molecule has 0 atom stereocenters. The van der Waals surface area contributed by atoms with Crippen LogP contribution in [-0.2, 0) is 16.4 Å². The molecule has 3 rings (SSSR count). The molecule has 1 heterocycles. The summed E-state index contributed by atoms with van der Waals surface area (Å²) in [4.78, 5) is 25.2. The first-order valence-electron chi connectivity index (χ1n) is 8.25. The molecule has 0 bridgehead atoms. The van der Waals surface area contributed by atoms with Crippen LogP contribution in [-0.4, -0.2) is 44.2 Å². The van der Waals surface area contributed by atoms with Gasteiger partial charge in [0.25, 0.3) is 11.6 Å². The van der Waals surface area contributed by atoms with Crippen LogP contribution in [0.15, 0.2) is 41.3 Å². The van der Waals surface area contributed by atoms with Crippen LogP contribution in [0.1, 0.15) is 21.5 Å². The quantitative estimate of drug-likeness (QED) is 0.590. The Bertz CT molecular complexity index is 1050. The van der Waals surface area contributed by atoms with Crippen LogP contribution in [0.2, 0.25) is 0 Å². The molecule has 0 spiro atoms. The van der Waals surface area contributed by atoms with Crippen molar-refractivity contribution in [1.82, 2.24) is 4.31 Å². The van der Waals surface area contributed by atoms with Crippen molar-refractivity contribution >= 4 is 27.3 Å². The Hall–Kier alpha value is -2.78. The molecule has 2 aromatic rings. The molecule has 0 saturated heterocycles. The maximum Gasteiger partial charge on any atom is 0.273 e. The van der Waals surface area contributed by atoms with Gasteiger partial charge in [0.15, 0.2) is 0 Å². The van der Waals surface area contributed by atoms with E-state index in [1.54, 1.807) is 31.2 Å². The van der Waals surface area contributed by atoms with Crippen molar-refractivity contribution in [3.8, 4) is 0 Å². The van der Waals surface area contributed by atoms with Crippen molar-refractivity contribution in [2.24, 2.45) is 0 Å². The van der Waals surface area contributed by atoms with Gasteiger partial charge in [0.05, 0.1) is 9.82 Å². The maximum atomic E-state index is 12.9. The summed E-state index contributed by atoms with van der Waals surface area (Å²) in [5.74, 6) is -0.347. The molecular weight excluding hydrogens is 370 g/mol. The van der Waals surface area contributed by atoms with Gasteiger partial charge in [-0.25, -0.2) is 12.7 Å². The largest absolute Gasteiger partial charge is 0.308 e. The number of aryl methyl sites for hydroxylation is 1. The Morgan fingerprint density at radius 3 is 2.52 bits per heavy atom. The molecule has 1 amide bonds. The average molecular weight is 389 g/mol. The summed E-state index contributed by atoms with van der Waals surface area (Å²) in [5, 5.41) is 11.1. The number of carbonyl (C=O) groups is 1. The first kappa shape index (κ1) is 19.0. The van der Waals surface area contributed by atoms with Gasteiger partial charge in [-0.05, 0) is 43.2 Å². The second-order valence-corrected chi connectivity index (χ2v) is 8.69. The van der Waals surface area contributed by atoms with Gasteiger partial charge in [0.2, 0.25) is 10.0 Å². The number of nitrogens with zero attached hydrogens (tertiary/aromatic N) is 3. The number of hydrogen-bond acceptors (Lipinski definition) is 5. The van der Waals surface area contributed by atoms with Crippen molar-refractivity contribution in [2.75, 3.05) is 25.5 Å². The number of benzene rings is 2. The molecule has 2 aromatic carbocycles. The molecule has 9 heteroatoms. The monoisotopic (exact) mass is 389 g/mol. The van der Waals surface area contributed by atoms with Gasteiger partial charge in [0.1, 0.15) is 0 Å². The highest BCUT2D eigenvalue weighted by atomic mass is 32.2. The van der Waals surface area contributed by atoms with E-state index in [1.807, 2.05) is 0 Å². The fraction of sp³-hybridized carbons (Fsp3) is 0.278. The van der Waals surface area contributed by atoms with Gasteiger partial charge in [-0.15, -0.1) is 0 Å². The number of amides is 1. The number of anilines is 1. The van der Waals surface area contributed by atoms with Crippen molar-refractivity contribution in [3.05, 3.63) is 63.2 Å². The third-order valence-electron chi connectivity index (χ3n) is 4.62. The molecule has 0 aliphatic carbocycles. The molecule has 0 fully saturated rings. The molecule has 142 valence electrons. The van der Waals surface area contributed by atoms with E-state index in [4.69, 9.17) is 0 Å². The van der Waals surface area contributed by atoms with E-state index in [0.717, 1.165) is 9.87 Å². The Morgan fingerprint density at radius 2 is 1.89 bits per heavy atom. The lowest BCUT2D eigenvalue weighted by Gasteiger charge is -2.18. The van der Waals surface area contributed by atoms with Crippen LogP contribution in [0, 0.1) is 17.0 Å². The summed E-state index contributed by atoms with van der Waals surface area (Å²) in [6, 6.07) is 9.05. The molecule has 0 N–H and O–H groups in total. The normalized spacial score (nSPS) is 13.7. The van der Waals surface area contributed by atoms with Gasteiger partial charge >= 0.3 is 0 Å². The number of fused-ring (bicyclic) bond motifs is 1. The standard InChI is InChI=1S/C18H19N3O5S/c1-12-4-5-14(11-17(12)21(23)24)18(22)20-9-8-13-10-15(6-7-16(13)20)27(25,26)19(2)3/h4-7,10-11H,8-9H2,1-3H3. The number of sulfonamides is 1. The molecule has 1 aliphatic rings. The van der Waals surface area contributed by atoms with Gasteiger partial charge in [0, 0.05) is 43.5 Å². The average Bonchev–Trinajstić information content (AvgIpc) is 3.04. The Labute approximate surface area is 157 Å². The van der Waals surface area contributed by atoms with E-state index >= 15 is 0 Å². The van der Waals surface area contributed by atoms with Gasteiger partial charge in [-0.3, -0.25) is 14.9 Å². The molecule has 27 heavy (non-hydrogen) atoms. The summed E-state index contributed by atoms with van der Waals surface area (Å²) >= 11 is 0. The first-order valence-corrected chi connectivity index (χ1v) is 9.69. The van der Waals surface area contributed by atoms with Gasteiger partial charge in [-0.2, -0.15) is 0 Å². The zero-order chi connectivity index (χ0) is 19.9. The highest BCUT2D eigenvalue weighted by molar-refractivity contribution is 7.89. The summed E-state index contributed by atoms with van der Waals surface area (Å²) in [5.41, 5.74) is 1.99. The first-order chi connectivity index (χ1) is 12.6. The van der Waals surface area contributed by atoms with Crippen molar-refractivity contribution in [3.63, 3.8) is 0 Å². The van der Waals surface area contributed by atoms with E-state index in [2.05, 4.69) is 0 Å². The third kappa shape index (κ3) is 3.31. The SMILES string of the molecule is Cc1ccc(C(=O)N2CCc3cc(S(=O)(=O)N(C)C)ccc32)cc1[N+](=O)[O-]. The lowest BCUT2D eigenvalue weighted by molar-refractivity contribution is -0.385. The number of rotatable bonds is 4. The van der Waals surface area contributed by atoms with Crippen LogP contribution < -0.4 is 4.90 Å². The second-order valence-electron chi connectivity index (χ2n) is 6.54. The van der Waals surface area contributed by atoms with E-state index in [-0.39, 0.29) is 22.1 Å². The van der Waals surface area contributed by atoms with Gasteiger partial charge in [-0.1, -0.05) is 6.07 Å². The lowest BCUT2D eigenvalue weighted by Crippen LogP contribution is -2.29.